The normalized spacial score (nSPS) is 14.2. The Morgan fingerprint density at radius 1 is 1.12 bits per heavy atom. The molecule has 4 rings (SSSR count). The summed E-state index contributed by atoms with van der Waals surface area (Å²) in [6.45, 7) is 1.03. The van der Waals surface area contributed by atoms with Crippen molar-refractivity contribution < 1.29 is 14.1 Å². The van der Waals surface area contributed by atoms with Crippen molar-refractivity contribution in [3.63, 3.8) is 0 Å². The molecule has 6 nitrogen and oxygen atoms in total. The fourth-order valence-corrected chi connectivity index (χ4v) is 2.54. The van der Waals surface area contributed by atoms with Crippen LogP contribution in [0.4, 0.5) is 0 Å². The van der Waals surface area contributed by atoms with Gasteiger partial charge in [0.2, 0.25) is 5.88 Å². The van der Waals surface area contributed by atoms with Gasteiger partial charge in [0.25, 0.3) is 5.91 Å². The highest BCUT2D eigenvalue weighted by Crippen LogP contribution is 2.22. The Labute approximate surface area is 138 Å². The topological polar surface area (TPSA) is 68.5 Å². The van der Waals surface area contributed by atoms with Crippen molar-refractivity contribution in [1.29, 1.82) is 0 Å². The van der Waals surface area contributed by atoms with E-state index in [0.29, 0.717) is 30.4 Å². The number of amides is 1. The average Bonchev–Trinajstić information content (AvgIpc) is 3.09. The van der Waals surface area contributed by atoms with E-state index in [2.05, 4.69) is 10.1 Å². The summed E-state index contributed by atoms with van der Waals surface area (Å²) in [7, 11) is 0. The molecule has 0 aliphatic carbocycles. The minimum Gasteiger partial charge on any atom is -0.471 e. The number of likely N-dealkylation sites (tertiary alicyclic amines) is 1. The highest BCUT2D eigenvalue weighted by molar-refractivity contribution is 5.93. The number of pyridine rings is 1. The van der Waals surface area contributed by atoms with Crippen LogP contribution in [0.5, 0.6) is 5.88 Å². The van der Waals surface area contributed by atoms with Crippen molar-refractivity contribution in [2.75, 3.05) is 13.1 Å². The average molecular weight is 321 g/mol. The van der Waals surface area contributed by atoms with Crippen LogP contribution in [0.25, 0.3) is 11.3 Å². The molecular weight excluding hydrogens is 306 g/mol. The summed E-state index contributed by atoms with van der Waals surface area (Å²) in [6.07, 6.45) is 1.64. The van der Waals surface area contributed by atoms with Crippen LogP contribution in [-0.2, 0) is 0 Å². The fraction of sp³-hybridized carbons (Fsp3) is 0.167. The molecule has 1 saturated heterocycles. The van der Waals surface area contributed by atoms with Gasteiger partial charge in [-0.2, -0.15) is 0 Å². The minimum absolute atomic E-state index is 0.0376. The van der Waals surface area contributed by atoms with Gasteiger partial charge in [0.1, 0.15) is 6.10 Å². The molecule has 0 bridgehead atoms. The smallest absolute Gasteiger partial charge is 0.276 e. The van der Waals surface area contributed by atoms with Gasteiger partial charge in [-0.25, -0.2) is 4.98 Å². The number of nitrogens with zero attached hydrogens (tertiary/aromatic N) is 3. The lowest BCUT2D eigenvalue weighted by Crippen LogP contribution is -2.56. The predicted molar refractivity (Wildman–Crippen MR) is 86.5 cm³/mol. The molecule has 1 aliphatic rings. The van der Waals surface area contributed by atoms with Crippen LogP contribution in [0.15, 0.2) is 65.3 Å². The van der Waals surface area contributed by atoms with Gasteiger partial charge in [-0.15, -0.1) is 0 Å². The molecule has 0 atom stereocenters. The van der Waals surface area contributed by atoms with E-state index in [-0.39, 0.29) is 12.0 Å². The number of ether oxygens (including phenoxy) is 1. The van der Waals surface area contributed by atoms with Crippen LogP contribution in [0.1, 0.15) is 10.5 Å². The van der Waals surface area contributed by atoms with E-state index in [9.17, 15) is 4.79 Å². The Balaban J connectivity index is 1.37. The number of carbonyl (C=O) groups is 1. The maximum Gasteiger partial charge on any atom is 0.276 e. The zero-order valence-electron chi connectivity index (χ0n) is 12.8. The first-order valence-electron chi connectivity index (χ1n) is 7.69. The lowest BCUT2D eigenvalue weighted by molar-refractivity contribution is 0.0153. The zero-order valence-corrected chi connectivity index (χ0v) is 12.8. The molecule has 6 heteroatoms. The first kappa shape index (κ1) is 14.4. The van der Waals surface area contributed by atoms with E-state index in [1.54, 1.807) is 23.2 Å². The second kappa shape index (κ2) is 6.16. The van der Waals surface area contributed by atoms with Crippen molar-refractivity contribution in [3.8, 4) is 17.2 Å². The third-order valence-corrected chi connectivity index (χ3v) is 3.85. The molecule has 24 heavy (non-hydrogen) atoms. The minimum atomic E-state index is -0.151. The van der Waals surface area contributed by atoms with Crippen LogP contribution >= 0.6 is 0 Å². The summed E-state index contributed by atoms with van der Waals surface area (Å²) in [4.78, 5) is 18.2. The molecule has 1 fully saturated rings. The largest absolute Gasteiger partial charge is 0.471 e. The Morgan fingerprint density at radius 2 is 1.92 bits per heavy atom. The number of hydrogen-bond acceptors (Lipinski definition) is 5. The zero-order chi connectivity index (χ0) is 16.4. The van der Waals surface area contributed by atoms with Crippen molar-refractivity contribution >= 4 is 5.91 Å². The molecule has 2 aromatic heterocycles. The number of aromatic nitrogens is 2. The highest BCUT2D eigenvalue weighted by Gasteiger charge is 2.34. The lowest BCUT2D eigenvalue weighted by atomic mass is 10.1. The van der Waals surface area contributed by atoms with Gasteiger partial charge in [0.15, 0.2) is 11.5 Å². The second-order valence-electron chi connectivity index (χ2n) is 5.56. The van der Waals surface area contributed by atoms with Gasteiger partial charge < -0.3 is 14.2 Å². The third-order valence-electron chi connectivity index (χ3n) is 3.85. The number of hydrogen-bond donors (Lipinski definition) is 0. The molecule has 3 heterocycles. The summed E-state index contributed by atoms with van der Waals surface area (Å²) in [5.41, 5.74) is 1.20. The van der Waals surface area contributed by atoms with Crippen molar-refractivity contribution in [2.24, 2.45) is 0 Å². The van der Waals surface area contributed by atoms with E-state index in [1.807, 2.05) is 42.5 Å². The lowest BCUT2D eigenvalue weighted by Gasteiger charge is -2.38. The van der Waals surface area contributed by atoms with Gasteiger partial charge in [-0.1, -0.05) is 41.6 Å². The third kappa shape index (κ3) is 2.86. The SMILES string of the molecule is O=C(c1cc(-c2ccccc2)on1)N1CC(Oc2ccccn2)C1. The maximum absolute atomic E-state index is 12.4. The summed E-state index contributed by atoms with van der Waals surface area (Å²) in [5, 5.41) is 3.89. The van der Waals surface area contributed by atoms with Gasteiger partial charge >= 0.3 is 0 Å². The Hall–Kier alpha value is -3.15. The maximum atomic E-state index is 12.4. The summed E-state index contributed by atoms with van der Waals surface area (Å²) in [6, 6.07) is 16.7. The van der Waals surface area contributed by atoms with Crippen molar-refractivity contribution in [3.05, 3.63) is 66.5 Å². The van der Waals surface area contributed by atoms with Gasteiger partial charge in [0, 0.05) is 23.9 Å². The molecule has 1 aliphatic heterocycles. The monoisotopic (exact) mass is 321 g/mol. The number of benzene rings is 1. The molecule has 0 spiro atoms. The van der Waals surface area contributed by atoms with Crippen LogP contribution in [0.3, 0.4) is 0 Å². The number of carbonyl (C=O) groups excluding carboxylic acids is 1. The van der Waals surface area contributed by atoms with Crippen LogP contribution in [-0.4, -0.2) is 40.1 Å². The molecular formula is C18H15N3O3. The quantitative estimate of drug-likeness (QED) is 0.739. The molecule has 0 unspecified atom stereocenters. The van der Waals surface area contributed by atoms with E-state index in [0.717, 1.165) is 5.56 Å². The van der Waals surface area contributed by atoms with E-state index in [4.69, 9.17) is 9.26 Å². The predicted octanol–water partition coefficient (Wildman–Crippen LogP) is 2.64. The summed E-state index contributed by atoms with van der Waals surface area (Å²) < 4.78 is 11.0. The molecule has 0 N–H and O–H groups in total. The Kier molecular flexibility index (Phi) is 3.70. The first-order chi connectivity index (χ1) is 11.8. The molecule has 0 radical (unpaired) electrons. The molecule has 0 saturated carbocycles. The first-order valence-corrected chi connectivity index (χ1v) is 7.69. The van der Waals surface area contributed by atoms with Gasteiger partial charge in [-0.3, -0.25) is 4.79 Å². The van der Waals surface area contributed by atoms with Crippen LogP contribution in [0, 0.1) is 0 Å². The van der Waals surface area contributed by atoms with E-state index >= 15 is 0 Å². The molecule has 1 amide bonds. The molecule has 120 valence electrons. The Bertz CT molecular complexity index is 827. The van der Waals surface area contributed by atoms with E-state index in [1.165, 1.54) is 0 Å². The standard InChI is InChI=1S/C18H15N3O3/c22-18(15-10-16(24-20-15)13-6-2-1-3-7-13)21-11-14(12-21)23-17-8-4-5-9-19-17/h1-10,14H,11-12H2. The molecule has 3 aromatic rings. The highest BCUT2D eigenvalue weighted by atomic mass is 16.5. The van der Waals surface area contributed by atoms with E-state index < -0.39 is 0 Å². The summed E-state index contributed by atoms with van der Waals surface area (Å²) in [5.74, 6) is 1.00. The molecule has 1 aromatic carbocycles. The fourth-order valence-electron chi connectivity index (χ4n) is 2.54. The Morgan fingerprint density at radius 3 is 2.67 bits per heavy atom. The van der Waals surface area contributed by atoms with Gasteiger partial charge in [-0.05, 0) is 6.07 Å². The van der Waals surface area contributed by atoms with Crippen LogP contribution in [0.2, 0.25) is 0 Å². The van der Waals surface area contributed by atoms with Gasteiger partial charge in [0.05, 0.1) is 13.1 Å². The van der Waals surface area contributed by atoms with Crippen molar-refractivity contribution in [2.45, 2.75) is 6.10 Å². The summed E-state index contributed by atoms with van der Waals surface area (Å²) >= 11 is 0. The van der Waals surface area contributed by atoms with Crippen molar-refractivity contribution in [1.82, 2.24) is 15.0 Å². The van der Waals surface area contributed by atoms with Crippen LogP contribution < -0.4 is 4.74 Å². The number of rotatable bonds is 4. The second-order valence-corrected chi connectivity index (χ2v) is 5.56.